The third kappa shape index (κ3) is 2.38. The van der Waals surface area contributed by atoms with Crippen molar-refractivity contribution in [3.8, 4) is 0 Å². The average molecular weight is 305 g/mol. The fourth-order valence-electron chi connectivity index (χ4n) is 2.05. The first kappa shape index (κ1) is 13.0. The molecule has 0 spiro atoms. The van der Waals surface area contributed by atoms with Crippen molar-refractivity contribution in [3.05, 3.63) is 64.3 Å². The number of para-hydroxylation sites is 1. The summed E-state index contributed by atoms with van der Waals surface area (Å²) >= 11 is 11.8. The number of carbonyl (C=O) groups excluding carboxylic acids is 1. The van der Waals surface area contributed by atoms with Crippen molar-refractivity contribution < 1.29 is 4.79 Å². The van der Waals surface area contributed by atoms with Crippen LogP contribution in [0.3, 0.4) is 0 Å². The Bertz CT molecular complexity index is 795. The number of aromatic amines is 1. The van der Waals surface area contributed by atoms with E-state index in [2.05, 4.69) is 10.3 Å². The Labute approximate surface area is 125 Å². The Morgan fingerprint density at radius 2 is 1.90 bits per heavy atom. The van der Waals surface area contributed by atoms with E-state index in [4.69, 9.17) is 23.2 Å². The van der Waals surface area contributed by atoms with E-state index in [1.165, 1.54) is 0 Å². The van der Waals surface area contributed by atoms with Crippen LogP contribution in [0, 0.1) is 0 Å². The second-order valence-electron chi connectivity index (χ2n) is 4.33. The zero-order chi connectivity index (χ0) is 14.1. The van der Waals surface area contributed by atoms with Gasteiger partial charge in [-0.15, -0.1) is 0 Å². The van der Waals surface area contributed by atoms with Gasteiger partial charge in [-0.25, -0.2) is 0 Å². The molecular formula is C15H10Cl2N2O. The van der Waals surface area contributed by atoms with E-state index in [0.29, 0.717) is 21.3 Å². The minimum Gasteiger partial charge on any atom is -0.361 e. The van der Waals surface area contributed by atoms with Gasteiger partial charge in [0.2, 0.25) is 0 Å². The first-order valence-electron chi connectivity index (χ1n) is 5.97. The first-order valence-corrected chi connectivity index (χ1v) is 6.73. The molecule has 0 aliphatic rings. The van der Waals surface area contributed by atoms with Crippen LogP contribution in [0.4, 0.5) is 5.69 Å². The lowest BCUT2D eigenvalue weighted by molar-refractivity contribution is 0.102. The van der Waals surface area contributed by atoms with Gasteiger partial charge in [-0.1, -0.05) is 35.3 Å². The molecule has 0 fully saturated rings. The third-order valence-electron chi connectivity index (χ3n) is 3.01. The van der Waals surface area contributed by atoms with Crippen LogP contribution in [0.15, 0.2) is 48.7 Å². The van der Waals surface area contributed by atoms with Gasteiger partial charge in [0, 0.05) is 17.3 Å². The average Bonchev–Trinajstić information content (AvgIpc) is 2.91. The molecule has 3 aromatic rings. The fourth-order valence-corrected chi connectivity index (χ4v) is 2.34. The predicted octanol–water partition coefficient (Wildman–Crippen LogP) is 4.73. The van der Waals surface area contributed by atoms with Gasteiger partial charge in [0.1, 0.15) is 0 Å². The number of anilines is 1. The molecule has 3 nitrogen and oxygen atoms in total. The summed E-state index contributed by atoms with van der Waals surface area (Å²) in [5.41, 5.74) is 2.00. The molecule has 0 unspecified atom stereocenters. The number of rotatable bonds is 2. The summed E-state index contributed by atoms with van der Waals surface area (Å²) < 4.78 is 0. The number of hydrogen-bond acceptors (Lipinski definition) is 1. The quantitative estimate of drug-likeness (QED) is 0.706. The molecule has 1 heterocycles. The van der Waals surface area contributed by atoms with Gasteiger partial charge in [-0.2, -0.15) is 0 Å². The minimum atomic E-state index is -0.198. The van der Waals surface area contributed by atoms with Gasteiger partial charge in [0.25, 0.3) is 5.91 Å². The van der Waals surface area contributed by atoms with Crippen LogP contribution in [0.25, 0.3) is 10.9 Å². The highest BCUT2D eigenvalue weighted by molar-refractivity contribution is 6.42. The number of amides is 1. The van der Waals surface area contributed by atoms with Crippen LogP contribution >= 0.6 is 23.2 Å². The van der Waals surface area contributed by atoms with E-state index in [-0.39, 0.29) is 5.91 Å². The molecule has 1 amide bonds. The molecule has 0 aliphatic heterocycles. The second kappa shape index (κ2) is 5.19. The molecule has 0 atom stereocenters. The van der Waals surface area contributed by atoms with Crippen molar-refractivity contribution in [2.24, 2.45) is 0 Å². The Morgan fingerprint density at radius 3 is 2.70 bits per heavy atom. The lowest BCUT2D eigenvalue weighted by atomic mass is 10.1. The topological polar surface area (TPSA) is 44.9 Å². The maximum absolute atomic E-state index is 12.3. The predicted molar refractivity (Wildman–Crippen MR) is 82.7 cm³/mol. The van der Waals surface area contributed by atoms with Crippen molar-refractivity contribution >= 4 is 45.7 Å². The summed E-state index contributed by atoms with van der Waals surface area (Å²) in [5, 5.41) is 4.66. The standard InChI is InChI=1S/C15H10Cl2N2O/c16-12-5-4-10(8-13(12)17)19-15(20)11-3-1-2-9-6-7-18-14(9)11/h1-8,18H,(H,19,20). The van der Waals surface area contributed by atoms with Crippen molar-refractivity contribution in [3.63, 3.8) is 0 Å². The van der Waals surface area contributed by atoms with Crippen molar-refractivity contribution in [2.45, 2.75) is 0 Å². The highest BCUT2D eigenvalue weighted by Crippen LogP contribution is 2.26. The summed E-state index contributed by atoms with van der Waals surface area (Å²) in [5.74, 6) is -0.198. The summed E-state index contributed by atoms with van der Waals surface area (Å²) in [6.07, 6.45) is 1.81. The Kier molecular flexibility index (Phi) is 3.38. The Morgan fingerprint density at radius 1 is 1.05 bits per heavy atom. The molecule has 3 rings (SSSR count). The molecule has 1 aromatic heterocycles. The van der Waals surface area contributed by atoms with E-state index >= 15 is 0 Å². The number of nitrogens with one attached hydrogen (secondary N) is 2. The lowest BCUT2D eigenvalue weighted by Crippen LogP contribution is -2.12. The maximum atomic E-state index is 12.3. The molecule has 5 heteroatoms. The van der Waals surface area contributed by atoms with E-state index in [0.717, 1.165) is 10.9 Å². The van der Waals surface area contributed by atoms with Crippen molar-refractivity contribution in [2.75, 3.05) is 5.32 Å². The third-order valence-corrected chi connectivity index (χ3v) is 3.75. The van der Waals surface area contributed by atoms with Crippen molar-refractivity contribution in [1.29, 1.82) is 0 Å². The maximum Gasteiger partial charge on any atom is 0.257 e. The molecular weight excluding hydrogens is 295 g/mol. The highest BCUT2D eigenvalue weighted by Gasteiger charge is 2.11. The molecule has 0 saturated heterocycles. The number of halogens is 2. The summed E-state index contributed by atoms with van der Waals surface area (Å²) in [7, 11) is 0. The van der Waals surface area contributed by atoms with E-state index < -0.39 is 0 Å². The number of carbonyl (C=O) groups is 1. The van der Waals surface area contributed by atoms with Crippen LogP contribution < -0.4 is 5.32 Å². The number of hydrogen-bond donors (Lipinski definition) is 2. The zero-order valence-electron chi connectivity index (χ0n) is 10.3. The smallest absolute Gasteiger partial charge is 0.257 e. The van der Waals surface area contributed by atoms with Gasteiger partial charge >= 0.3 is 0 Å². The van der Waals surface area contributed by atoms with Crippen LogP contribution in [-0.4, -0.2) is 10.9 Å². The molecule has 0 radical (unpaired) electrons. The van der Waals surface area contributed by atoms with Gasteiger partial charge in [-0.3, -0.25) is 4.79 Å². The zero-order valence-corrected chi connectivity index (χ0v) is 11.8. The van der Waals surface area contributed by atoms with Crippen molar-refractivity contribution in [1.82, 2.24) is 4.98 Å². The number of aromatic nitrogens is 1. The molecule has 0 saturated carbocycles. The van der Waals surface area contributed by atoms with Gasteiger partial charge in [0.05, 0.1) is 21.1 Å². The van der Waals surface area contributed by atoms with Crippen LogP contribution in [-0.2, 0) is 0 Å². The van der Waals surface area contributed by atoms with E-state index in [9.17, 15) is 4.79 Å². The normalized spacial score (nSPS) is 10.7. The molecule has 0 aliphatic carbocycles. The fraction of sp³-hybridized carbons (Fsp3) is 0. The summed E-state index contributed by atoms with van der Waals surface area (Å²) in [6, 6.07) is 12.5. The Balaban J connectivity index is 1.93. The van der Waals surface area contributed by atoms with E-state index in [1.807, 2.05) is 18.2 Å². The highest BCUT2D eigenvalue weighted by atomic mass is 35.5. The number of H-pyrrole nitrogens is 1. The second-order valence-corrected chi connectivity index (χ2v) is 5.14. The molecule has 20 heavy (non-hydrogen) atoms. The monoisotopic (exact) mass is 304 g/mol. The molecule has 2 N–H and O–H groups in total. The molecule has 100 valence electrons. The lowest BCUT2D eigenvalue weighted by Gasteiger charge is -2.07. The largest absolute Gasteiger partial charge is 0.361 e. The summed E-state index contributed by atoms with van der Waals surface area (Å²) in [6.45, 7) is 0. The SMILES string of the molecule is O=C(Nc1ccc(Cl)c(Cl)c1)c1cccc2cc[nH]c12. The van der Waals surface area contributed by atoms with Crippen LogP contribution in [0.5, 0.6) is 0 Å². The first-order chi connectivity index (χ1) is 9.65. The number of fused-ring (bicyclic) bond motifs is 1. The van der Waals surface area contributed by atoms with Crippen LogP contribution in [0.2, 0.25) is 10.0 Å². The van der Waals surface area contributed by atoms with Gasteiger partial charge in [-0.05, 0) is 30.3 Å². The van der Waals surface area contributed by atoms with E-state index in [1.54, 1.807) is 30.5 Å². The van der Waals surface area contributed by atoms with Gasteiger partial charge in [0.15, 0.2) is 0 Å². The van der Waals surface area contributed by atoms with Gasteiger partial charge < -0.3 is 10.3 Å². The Hall–Kier alpha value is -1.97. The van der Waals surface area contributed by atoms with Crippen LogP contribution in [0.1, 0.15) is 10.4 Å². The number of benzene rings is 2. The minimum absolute atomic E-state index is 0.198. The molecule has 0 bridgehead atoms. The summed E-state index contributed by atoms with van der Waals surface area (Å²) in [4.78, 5) is 15.4. The molecule has 2 aromatic carbocycles.